The van der Waals surface area contributed by atoms with Crippen LogP contribution in [0, 0.1) is 0 Å². The number of nitrogens with zero attached hydrogens (tertiary/aromatic N) is 5. The number of hydrogen-bond donors (Lipinski definition) is 0. The van der Waals surface area contributed by atoms with Crippen molar-refractivity contribution in [1.82, 2.24) is 25.1 Å². The molecule has 19 heavy (non-hydrogen) atoms. The fourth-order valence-corrected chi connectivity index (χ4v) is 2.27. The molecule has 1 aromatic carbocycles. The Bertz CT molecular complexity index is 540. The van der Waals surface area contributed by atoms with Gasteiger partial charge in [-0.25, -0.2) is 0 Å². The van der Waals surface area contributed by atoms with Crippen LogP contribution in [0.2, 0.25) is 0 Å². The van der Waals surface area contributed by atoms with E-state index in [0.29, 0.717) is 17.3 Å². The summed E-state index contributed by atoms with van der Waals surface area (Å²) in [6.07, 6.45) is 0.472. The maximum atomic E-state index is 11.5. The number of thioether (sulfide) groups is 1. The second-order valence-electron chi connectivity index (χ2n) is 4.10. The summed E-state index contributed by atoms with van der Waals surface area (Å²) in [6.45, 7) is 0. The minimum Gasteiger partial charge on any atom is -0.349 e. The SMILES string of the molecule is CN(C)C(=O)CCSc1nnnn1-c1ccccc1. The molecular formula is C12H15N5OS. The Morgan fingerprint density at radius 1 is 1.32 bits per heavy atom. The third-order valence-electron chi connectivity index (χ3n) is 2.49. The van der Waals surface area contributed by atoms with Crippen molar-refractivity contribution in [3.8, 4) is 5.69 Å². The number of carbonyl (C=O) groups is 1. The van der Waals surface area contributed by atoms with Crippen LogP contribution < -0.4 is 0 Å². The zero-order chi connectivity index (χ0) is 13.7. The molecule has 1 aromatic heterocycles. The summed E-state index contributed by atoms with van der Waals surface area (Å²) in [6, 6.07) is 9.68. The normalized spacial score (nSPS) is 10.4. The fourth-order valence-electron chi connectivity index (χ4n) is 1.45. The molecule has 1 amide bonds. The molecule has 6 nitrogen and oxygen atoms in total. The van der Waals surface area contributed by atoms with Crippen molar-refractivity contribution in [1.29, 1.82) is 0 Å². The van der Waals surface area contributed by atoms with E-state index in [1.165, 1.54) is 11.8 Å². The van der Waals surface area contributed by atoms with Gasteiger partial charge in [-0.3, -0.25) is 4.79 Å². The third-order valence-corrected chi connectivity index (χ3v) is 3.41. The Hall–Kier alpha value is -1.89. The van der Waals surface area contributed by atoms with Crippen molar-refractivity contribution in [2.75, 3.05) is 19.8 Å². The van der Waals surface area contributed by atoms with Crippen molar-refractivity contribution >= 4 is 17.7 Å². The Labute approximate surface area is 115 Å². The number of para-hydroxylation sites is 1. The molecule has 0 aliphatic rings. The lowest BCUT2D eigenvalue weighted by atomic mass is 10.3. The summed E-state index contributed by atoms with van der Waals surface area (Å²) in [5.41, 5.74) is 0.911. The monoisotopic (exact) mass is 277 g/mol. The Morgan fingerprint density at radius 3 is 2.74 bits per heavy atom. The lowest BCUT2D eigenvalue weighted by Crippen LogP contribution is -2.21. The van der Waals surface area contributed by atoms with Crippen LogP contribution in [0.3, 0.4) is 0 Å². The van der Waals surface area contributed by atoms with E-state index in [1.807, 2.05) is 30.3 Å². The summed E-state index contributed by atoms with van der Waals surface area (Å²) in [7, 11) is 3.50. The molecule has 2 aromatic rings. The maximum Gasteiger partial charge on any atom is 0.222 e. The number of hydrogen-bond acceptors (Lipinski definition) is 5. The van der Waals surface area contributed by atoms with Gasteiger partial charge in [-0.1, -0.05) is 30.0 Å². The van der Waals surface area contributed by atoms with Crippen LogP contribution in [0.25, 0.3) is 5.69 Å². The van der Waals surface area contributed by atoms with Gasteiger partial charge in [0.1, 0.15) is 0 Å². The van der Waals surface area contributed by atoms with E-state index < -0.39 is 0 Å². The number of rotatable bonds is 5. The first-order chi connectivity index (χ1) is 9.18. The summed E-state index contributed by atoms with van der Waals surface area (Å²) in [5.74, 6) is 0.760. The quantitative estimate of drug-likeness (QED) is 0.769. The van der Waals surface area contributed by atoms with E-state index in [4.69, 9.17) is 0 Å². The first-order valence-electron chi connectivity index (χ1n) is 5.85. The average Bonchev–Trinajstić information content (AvgIpc) is 2.88. The lowest BCUT2D eigenvalue weighted by molar-refractivity contribution is -0.128. The van der Waals surface area contributed by atoms with E-state index >= 15 is 0 Å². The highest BCUT2D eigenvalue weighted by molar-refractivity contribution is 7.99. The average molecular weight is 277 g/mol. The maximum absolute atomic E-state index is 11.5. The second-order valence-corrected chi connectivity index (χ2v) is 5.16. The molecule has 0 aliphatic heterocycles. The minimum atomic E-state index is 0.103. The summed E-state index contributed by atoms with van der Waals surface area (Å²) >= 11 is 1.47. The van der Waals surface area contributed by atoms with E-state index in [1.54, 1.807) is 23.7 Å². The number of aromatic nitrogens is 4. The predicted molar refractivity (Wildman–Crippen MR) is 73.2 cm³/mol. The van der Waals surface area contributed by atoms with Crippen LogP contribution in [0.4, 0.5) is 0 Å². The third kappa shape index (κ3) is 3.54. The van der Waals surface area contributed by atoms with Gasteiger partial charge in [-0.05, 0) is 22.6 Å². The first kappa shape index (κ1) is 13.5. The van der Waals surface area contributed by atoms with Gasteiger partial charge in [0.2, 0.25) is 11.1 Å². The molecular weight excluding hydrogens is 262 g/mol. The van der Waals surface area contributed by atoms with E-state index in [-0.39, 0.29) is 5.91 Å². The molecule has 1 heterocycles. The van der Waals surface area contributed by atoms with Gasteiger partial charge in [-0.2, -0.15) is 4.68 Å². The second kappa shape index (κ2) is 6.33. The Morgan fingerprint density at radius 2 is 2.05 bits per heavy atom. The molecule has 0 saturated heterocycles. The molecule has 0 radical (unpaired) electrons. The number of amides is 1. The van der Waals surface area contributed by atoms with Crippen LogP contribution in [0.15, 0.2) is 35.5 Å². The number of tetrazole rings is 1. The van der Waals surface area contributed by atoms with Gasteiger partial charge in [0.05, 0.1) is 5.69 Å². The Kier molecular flexibility index (Phi) is 4.51. The van der Waals surface area contributed by atoms with Crippen LogP contribution in [-0.4, -0.2) is 50.9 Å². The van der Waals surface area contributed by atoms with Crippen molar-refractivity contribution in [2.45, 2.75) is 11.6 Å². The molecule has 0 aliphatic carbocycles. The van der Waals surface area contributed by atoms with Crippen LogP contribution in [0.5, 0.6) is 0 Å². The smallest absolute Gasteiger partial charge is 0.222 e. The van der Waals surface area contributed by atoms with Crippen LogP contribution in [-0.2, 0) is 4.79 Å². The zero-order valence-electron chi connectivity index (χ0n) is 10.9. The van der Waals surface area contributed by atoms with E-state index in [9.17, 15) is 4.79 Å². The number of carbonyl (C=O) groups excluding carboxylic acids is 1. The zero-order valence-corrected chi connectivity index (χ0v) is 11.7. The van der Waals surface area contributed by atoms with Crippen molar-refractivity contribution < 1.29 is 4.79 Å². The summed E-state index contributed by atoms with van der Waals surface area (Å²) in [5, 5.41) is 12.3. The first-order valence-corrected chi connectivity index (χ1v) is 6.84. The van der Waals surface area contributed by atoms with Gasteiger partial charge in [0.15, 0.2) is 0 Å². The van der Waals surface area contributed by atoms with Crippen molar-refractivity contribution in [2.24, 2.45) is 0 Å². The Balaban J connectivity index is 1.99. The molecule has 100 valence electrons. The predicted octanol–water partition coefficient (Wildman–Crippen LogP) is 1.23. The highest BCUT2D eigenvalue weighted by Gasteiger charge is 2.10. The van der Waals surface area contributed by atoms with Crippen molar-refractivity contribution in [3.05, 3.63) is 30.3 Å². The van der Waals surface area contributed by atoms with E-state index in [2.05, 4.69) is 15.5 Å². The summed E-state index contributed by atoms with van der Waals surface area (Å²) < 4.78 is 1.67. The molecule has 0 spiro atoms. The van der Waals surface area contributed by atoms with Gasteiger partial charge in [0, 0.05) is 26.3 Å². The molecule has 2 rings (SSSR count). The molecule has 0 N–H and O–H groups in total. The molecule has 0 bridgehead atoms. The molecule has 0 atom stereocenters. The standard InChI is InChI=1S/C12H15N5OS/c1-16(2)11(18)8-9-19-12-13-14-15-17(12)10-6-4-3-5-7-10/h3-7H,8-9H2,1-2H3. The van der Waals surface area contributed by atoms with Crippen LogP contribution >= 0.6 is 11.8 Å². The lowest BCUT2D eigenvalue weighted by Gasteiger charge is -2.09. The van der Waals surface area contributed by atoms with Gasteiger partial charge in [-0.15, -0.1) is 5.10 Å². The largest absolute Gasteiger partial charge is 0.349 e. The fraction of sp³-hybridized carbons (Fsp3) is 0.333. The van der Waals surface area contributed by atoms with Gasteiger partial charge >= 0.3 is 0 Å². The molecule has 0 unspecified atom stereocenters. The number of benzene rings is 1. The van der Waals surface area contributed by atoms with Gasteiger partial charge in [0.25, 0.3) is 0 Å². The molecule has 0 fully saturated rings. The summed E-state index contributed by atoms with van der Waals surface area (Å²) in [4.78, 5) is 13.1. The molecule has 0 saturated carbocycles. The van der Waals surface area contributed by atoms with E-state index in [0.717, 1.165) is 5.69 Å². The topological polar surface area (TPSA) is 63.9 Å². The van der Waals surface area contributed by atoms with Crippen LogP contribution in [0.1, 0.15) is 6.42 Å². The minimum absolute atomic E-state index is 0.103. The van der Waals surface area contributed by atoms with Gasteiger partial charge < -0.3 is 4.90 Å². The highest BCUT2D eigenvalue weighted by atomic mass is 32.2. The van der Waals surface area contributed by atoms with Crippen molar-refractivity contribution in [3.63, 3.8) is 0 Å². The molecule has 7 heteroatoms. The highest BCUT2D eigenvalue weighted by Crippen LogP contribution is 2.18.